The Morgan fingerprint density at radius 2 is 1.76 bits per heavy atom. The number of esters is 1. The van der Waals surface area contributed by atoms with Crippen LogP contribution in [0.1, 0.15) is 31.4 Å². The van der Waals surface area contributed by atoms with Gasteiger partial charge in [-0.05, 0) is 25.0 Å². The van der Waals surface area contributed by atoms with Gasteiger partial charge in [-0.15, -0.1) is 0 Å². The molecule has 2 heterocycles. The number of aliphatic hydroxyl groups is 1. The molecule has 152 valence electrons. The van der Waals surface area contributed by atoms with Crippen LogP contribution in [0.4, 0.5) is 0 Å². The average molecular weight is 395 g/mol. The normalized spacial score (nSPS) is 31.0. The molecule has 2 fully saturated rings. The lowest BCUT2D eigenvalue weighted by atomic mass is 9.74. The van der Waals surface area contributed by atoms with E-state index in [1.165, 1.54) is 4.90 Å². The standard InChI is InChI=1S/C23H25NO5/c1-3-28-20(26)22-15-21(2,18-12-8-5-9-13-18)29-23(22,27)16-24(19(22)25)14-17-10-6-4-7-11-17/h4-13,27H,3,14-16H2,1-2H3/t21?,22-,23+/m0/s1. The van der Waals surface area contributed by atoms with Gasteiger partial charge in [-0.25, -0.2) is 0 Å². The Bertz CT molecular complexity index is 917. The molecule has 2 aromatic rings. The van der Waals surface area contributed by atoms with Crippen molar-refractivity contribution in [1.82, 2.24) is 4.90 Å². The first kappa shape index (κ1) is 19.6. The van der Waals surface area contributed by atoms with Crippen LogP contribution in [0.5, 0.6) is 0 Å². The molecule has 2 saturated heterocycles. The molecule has 2 aromatic carbocycles. The molecule has 3 atom stereocenters. The minimum Gasteiger partial charge on any atom is -0.465 e. The predicted molar refractivity (Wildman–Crippen MR) is 105 cm³/mol. The molecule has 6 heteroatoms. The predicted octanol–water partition coefficient (Wildman–Crippen LogP) is 2.60. The second kappa shape index (κ2) is 6.97. The van der Waals surface area contributed by atoms with Crippen molar-refractivity contribution in [2.24, 2.45) is 5.41 Å². The van der Waals surface area contributed by atoms with Crippen LogP contribution in [-0.2, 0) is 31.2 Å². The molecule has 4 rings (SSSR count). The highest BCUT2D eigenvalue weighted by atomic mass is 16.7. The van der Waals surface area contributed by atoms with Crippen molar-refractivity contribution in [3.8, 4) is 0 Å². The summed E-state index contributed by atoms with van der Waals surface area (Å²) >= 11 is 0. The van der Waals surface area contributed by atoms with Crippen LogP contribution >= 0.6 is 0 Å². The Hall–Kier alpha value is -2.70. The van der Waals surface area contributed by atoms with Crippen molar-refractivity contribution in [2.75, 3.05) is 13.2 Å². The second-order valence-corrected chi connectivity index (χ2v) is 7.93. The largest absolute Gasteiger partial charge is 0.465 e. The number of nitrogens with zero attached hydrogens (tertiary/aromatic N) is 1. The third kappa shape index (κ3) is 2.94. The number of β-amino-alcohol motifs (C(OH)–C–C–N with tert-alkyl or cyclic N) is 1. The van der Waals surface area contributed by atoms with Crippen molar-refractivity contribution < 1.29 is 24.2 Å². The molecule has 1 amide bonds. The SMILES string of the molecule is CCOC(=O)[C@@]12CC(C)(c3ccccc3)O[C@]1(O)CN(Cc1ccccc1)C2=O. The number of benzene rings is 2. The minimum atomic E-state index is -1.96. The van der Waals surface area contributed by atoms with Crippen LogP contribution in [0.2, 0.25) is 0 Å². The van der Waals surface area contributed by atoms with Crippen LogP contribution in [0.15, 0.2) is 60.7 Å². The van der Waals surface area contributed by atoms with Crippen LogP contribution in [0.3, 0.4) is 0 Å². The molecule has 6 nitrogen and oxygen atoms in total. The zero-order valence-electron chi connectivity index (χ0n) is 16.6. The highest BCUT2D eigenvalue weighted by Crippen LogP contribution is 2.59. The summed E-state index contributed by atoms with van der Waals surface area (Å²) < 4.78 is 11.4. The summed E-state index contributed by atoms with van der Waals surface area (Å²) in [7, 11) is 0. The smallest absolute Gasteiger partial charge is 0.327 e. The van der Waals surface area contributed by atoms with Crippen molar-refractivity contribution in [3.05, 3.63) is 71.8 Å². The van der Waals surface area contributed by atoms with Crippen molar-refractivity contribution in [3.63, 3.8) is 0 Å². The number of amides is 1. The number of carbonyl (C=O) groups excluding carboxylic acids is 2. The van der Waals surface area contributed by atoms with Gasteiger partial charge in [-0.3, -0.25) is 9.59 Å². The first-order valence-electron chi connectivity index (χ1n) is 9.83. The molecule has 0 spiro atoms. The van der Waals surface area contributed by atoms with Crippen LogP contribution in [-0.4, -0.2) is 40.8 Å². The Kier molecular flexibility index (Phi) is 4.71. The molecule has 0 aromatic heterocycles. The van der Waals surface area contributed by atoms with Gasteiger partial charge in [0.25, 0.3) is 0 Å². The van der Waals surface area contributed by atoms with Gasteiger partial charge in [-0.1, -0.05) is 60.7 Å². The van der Waals surface area contributed by atoms with Crippen LogP contribution < -0.4 is 0 Å². The fraction of sp³-hybridized carbons (Fsp3) is 0.391. The van der Waals surface area contributed by atoms with E-state index in [9.17, 15) is 14.7 Å². The van der Waals surface area contributed by atoms with Crippen molar-refractivity contribution in [1.29, 1.82) is 0 Å². The Balaban J connectivity index is 1.73. The quantitative estimate of drug-likeness (QED) is 0.622. The number of hydrogen-bond acceptors (Lipinski definition) is 5. The third-order valence-electron chi connectivity index (χ3n) is 5.95. The molecule has 0 bridgehead atoms. The third-order valence-corrected chi connectivity index (χ3v) is 5.95. The molecular formula is C23H25NO5. The lowest BCUT2D eigenvalue weighted by Crippen LogP contribution is -2.52. The number of ether oxygens (including phenoxy) is 2. The second-order valence-electron chi connectivity index (χ2n) is 7.93. The number of hydrogen-bond donors (Lipinski definition) is 1. The zero-order chi connectivity index (χ0) is 20.7. The van der Waals surface area contributed by atoms with Gasteiger partial charge in [0.2, 0.25) is 17.1 Å². The fourth-order valence-corrected chi connectivity index (χ4v) is 4.61. The maximum absolute atomic E-state index is 13.5. The van der Waals surface area contributed by atoms with Gasteiger partial charge in [0, 0.05) is 13.0 Å². The molecule has 1 unspecified atom stereocenters. The number of rotatable bonds is 5. The van der Waals surface area contributed by atoms with Crippen molar-refractivity contribution in [2.45, 2.75) is 38.2 Å². The highest BCUT2D eigenvalue weighted by Gasteiger charge is 2.77. The van der Waals surface area contributed by atoms with Crippen LogP contribution in [0.25, 0.3) is 0 Å². The zero-order valence-corrected chi connectivity index (χ0v) is 16.6. The van der Waals surface area contributed by atoms with E-state index >= 15 is 0 Å². The lowest BCUT2D eigenvalue weighted by Gasteiger charge is -2.30. The van der Waals surface area contributed by atoms with E-state index in [0.717, 1.165) is 11.1 Å². The molecule has 2 aliphatic heterocycles. The Morgan fingerprint density at radius 3 is 2.38 bits per heavy atom. The van der Waals surface area contributed by atoms with Gasteiger partial charge in [0.1, 0.15) is 0 Å². The van der Waals surface area contributed by atoms with Crippen molar-refractivity contribution >= 4 is 11.9 Å². The number of likely N-dealkylation sites (tertiary alicyclic amines) is 1. The van der Waals surface area contributed by atoms with E-state index < -0.39 is 28.7 Å². The van der Waals surface area contributed by atoms with Gasteiger partial charge >= 0.3 is 5.97 Å². The summed E-state index contributed by atoms with van der Waals surface area (Å²) in [6.07, 6.45) is 0.0173. The Labute approximate surface area is 170 Å². The summed E-state index contributed by atoms with van der Waals surface area (Å²) in [4.78, 5) is 28.1. The number of carbonyl (C=O) groups is 2. The molecular weight excluding hydrogens is 370 g/mol. The maximum atomic E-state index is 13.5. The average Bonchev–Trinajstić information content (AvgIpc) is 3.08. The maximum Gasteiger partial charge on any atom is 0.327 e. The van der Waals surface area contributed by atoms with E-state index in [1.54, 1.807) is 13.8 Å². The molecule has 2 aliphatic rings. The van der Waals surface area contributed by atoms with Gasteiger partial charge < -0.3 is 19.5 Å². The highest BCUT2D eigenvalue weighted by molar-refractivity contribution is 6.06. The summed E-state index contributed by atoms with van der Waals surface area (Å²) in [5.41, 5.74) is -1.07. The first-order chi connectivity index (χ1) is 13.8. The lowest BCUT2D eigenvalue weighted by molar-refractivity contribution is -0.243. The van der Waals surface area contributed by atoms with Gasteiger partial charge in [0.05, 0.1) is 18.8 Å². The van der Waals surface area contributed by atoms with E-state index in [4.69, 9.17) is 9.47 Å². The molecule has 0 aliphatic carbocycles. The molecule has 0 radical (unpaired) electrons. The summed E-state index contributed by atoms with van der Waals surface area (Å²) in [6.45, 7) is 3.79. The van der Waals surface area contributed by atoms with E-state index in [2.05, 4.69) is 0 Å². The summed E-state index contributed by atoms with van der Waals surface area (Å²) in [5, 5.41) is 11.5. The topological polar surface area (TPSA) is 76.1 Å². The van der Waals surface area contributed by atoms with E-state index in [-0.39, 0.29) is 26.1 Å². The molecule has 1 N–H and O–H groups in total. The first-order valence-corrected chi connectivity index (χ1v) is 9.83. The van der Waals surface area contributed by atoms with E-state index in [1.807, 2.05) is 60.7 Å². The summed E-state index contributed by atoms with van der Waals surface area (Å²) in [6, 6.07) is 18.8. The summed E-state index contributed by atoms with van der Waals surface area (Å²) in [5.74, 6) is -3.15. The number of fused-ring (bicyclic) bond motifs is 1. The van der Waals surface area contributed by atoms with Gasteiger partial charge in [-0.2, -0.15) is 0 Å². The minimum absolute atomic E-state index is 0.0173. The van der Waals surface area contributed by atoms with Gasteiger partial charge in [0.15, 0.2) is 0 Å². The van der Waals surface area contributed by atoms with Crippen LogP contribution in [0, 0.1) is 5.41 Å². The van der Waals surface area contributed by atoms with E-state index in [0.29, 0.717) is 0 Å². The fourth-order valence-electron chi connectivity index (χ4n) is 4.61. The monoisotopic (exact) mass is 395 g/mol. The molecule has 0 saturated carbocycles. The Morgan fingerprint density at radius 1 is 1.14 bits per heavy atom. The molecule has 29 heavy (non-hydrogen) atoms.